The number of aryl methyl sites for hydroxylation is 4. The molecular formula is C21H26N2O. The van der Waals surface area contributed by atoms with E-state index in [4.69, 9.17) is 0 Å². The van der Waals surface area contributed by atoms with Crippen LogP contribution in [0.2, 0.25) is 0 Å². The zero-order chi connectivity index (χ0) is 17.3. The molecule has 24 heavy (non-hydrogen) atoms. The summed E-state index contributed by atoms with van der Waals surface area (Å²) in [6, 6.07) is 12.5. The van der Waals surface area contributed by atoms with Crippen LogP contribution in [0.1, 0.15) is 35.6 Å². The van der Waals surface area contributed by atoms with Gasteiger partial charge in [0.25, 0.3) is 0 Å². The van der Waals surface area contributed by atoms with Crippen LogP contribution in [-0.2, 0) is 11.2 Å². The zero-order valence-corrected chi connectivity index (χ0v) is 15.0. The maximum absolute atomic E-state index is 12.9. The number of carbonyl (C=O) groups excluding carboxylic acids is 1. The maximum Gasteiger partial charge on any atom is 0.246 e. The van der Waals surface area contributed by atoms with E-state index in [1.54, 1.807) is 0 Å². The highest BCUT2D eigenvalue weighted by Crippen LogP contribution is 2.29. The van der Waals surface area contributed by atoms with Gasteiger partial charge >= 0.3 is 0 Å². The van der Waals surface area contributed by atoms with E-state index < -0.39 is 0 Å². The molecule has 1 aliphatic rings. The van der Waals surface area contributed by atoms with E-state index in [2.05, 4.69) is 67.4 Å². The number of para-hydroxylation sites is 1. The minimum Gasteiger partial charge on any atom is -0.360 e. The molecule has 1 atom stereocenters. The fraction of sp³-hybridized carbons (Fsp3) is 0.381. The van der Waals surface area contributed by atoms with Crippen LogP contribution >= 0.6 is 0 Å². The van der Waals surface area contributed by atoms with Crippen molar-refractivity contribution in [3.8, 4) is 0 Å². The predicted molar refractivity (Wildman–Crippen MR) is 101 cm³/mol. The highest BCUT2D eigenvalue weighted by atomic mass is 16.2. The van der Waals surface area contributed by atoms with Crippen molar-refractivity contribution >= 4 is 17.3 Å². The minimum atomic E-state index is -0.188. The molecule has 1 heterocycles. The molecule has 0 saturated carbocycles. The average molecular weight is 322 g/mol. The molecule has 0 radical (unpaired) electrons. The number of hydrogen-bond acceptors (Lipinski definition) is 2. The summed E-state index contributed by atoms with van der Waals surface area (Å²) in [5, 5.41) is 3.15. The molecule has 1 N–H and O–H groups in total. The predicted octanol–water partition coefficient (Wildman–Crippen LogP) is 4.39. The Labute approximate surface area is 144 Å². The first kappa shape index (κ1) is 16.6. The fourth-order valence-corrected chi connectivity index (χ4v) is 3.71. The van der Waals surface area contributed by atoms with Crippen LogP contribution < -0.4 is 10.2 Å². The van der Waals surface area contributed by atoms with Gasteiger partial charge in [0.2, 0.25) is 5.91 Å². The Morgan fingerprint density at radius 2 is 1.79 bits per heavy atom. The Hall–Kier alpha value is -2.29. The van der Waals surface area contributed by atoms with Crippen molar-refractivity contribution in [3.63, 3.8) is 0 Å². The van der Waals surface area contributed by atoms with Crippen molar-refractivity contribution in [2.75, 3.05) is 16.8 Å². The van der Waals surface area contributed by atoms with Crippen LogP contribution in [-0.4, -0.2) is 18.5 Å². The first-order valence-corrected chi connectivity index (χ1v) is 8.70. The molecule has 3 nitrogen and oxygen atoms in total. The molecule has 0 aliphatic carbocycles. The van der Waals surface area contributed by atoms with Crippen LogP contribution in [0.5, 0.6) is 0 Å². The SMILES string of the molecule is Cc1cc(C)c(NC(=O)[C@H](C)N2CCCc3ccccc32)c(C)c1. The third-order valence-corrected chi connectivity index (χ3v) is 4.92. The van der Waals surface area contributed by atoms with Crippen molar-refractivity contribution in [2.24, 2.45) is 0 Å². The van der Waals surface area contributed by atoms with Gasteiger partial charge in [0.1, 0.15) is 6.04 Å². The third kappa shape index (κ3) is 3.16. The monoisotopic (exact) mass is 322 g/mol. The van der Waals surface area contributed by atoms with E-state index in [1.165, 1.54) is 16.8 Å². The highest BCUT2D eigenvalue weighted by Gasteiger charge is 2.26. The van der Waals surface area contributed by atoms with Gasteiger partial charge in [-0.15, -0.1) is 0 Å². The topological polar surface area (TPSA) is 32.3 Å². The molecule has 3 heteroatoms. The summed E-state index contributed by atoms with van der Waals surface area (Å²) in [5.74, 6) is 0.0572. The van der Waals surface area contributed by atoms with Crippen molar-refractivity contribution in [2.45, 2.75) is 46.6 Å². The second-order valence-corrected chi connectivity index (χ2v) is 6.86. The summed E-state index contributed by atoms with van der Waals surface area (Å²) in [6.45, 7) is 9.11. The second kappa shape index (κ2) is 6.68. The van der Waals surface area contributed by atoms with Gasteiger partial charge < -0.3 is 10.2 Å². The standard InChI is InChI=1S/C21H26N2O/c1-14-12-15(2)20(16(3)13-14)22-21(24)17(4)23-11-7-9-18-8-5-6-10-19(18)23/h5-6,8,10,12-13,17H,7,9,11H2,1-4H3,(H,22,24)/t17-/m0/s1. The molecule has 2 aromatic rings. The number of fused-ring (bicyclic) bond motifs is 1. The number of rotatable bonds is 3. The lowest BCUT2D eigenvalue weighted by molar-refractivity contribution is -0.117. The number of benzene rings is 2. The minimum absolute atomic E-state index is 0.0572. The van der Waals surface area contributed by atoms with Crippen LogP contribution in [0, 0.1) is 20.8 Å². The van der Waals surface area contributed by atoms with Crippen molar-refractivity contribution in [1.29, 1.82) is 0 Å². The van der Waals surface area contributed by atoms with Gasteiger partial charge in [0.15, 0.2) is 0 Å². The lowest BCUT2D eigenvalue weighted by atomic mass is 10.00. The largest absolute Gasteiger partial charge is 0.360 e. The Morgan fingerprint density at radius 3 is 2.50 bits per heavy atom. The van der Waals surface area contributed by atoms with Crippen molar-refractivity contribution in [1.82, 2.24) is 0 Å². The first-order valence-electron chi connectivity index (χ1n) is 8.70. The van der Waals surface area contributed by atoms with E-state index in [0.717, 1.165) is 36.2 Å². The number of carbonyl (C=O) groups is 1. The lowest BCUT2D eigenvalue weighted by Crippen LogP contribution is -2.44. The summed E-state index contributed by atoms with van der Waals surface area (Å²) in [7, 11) is 0. The first-order chi connectivity index (χ1) is 11.5. The summed E-state index contributed by atoms with van der Waals surface area (Å²) >= 11 is 0. The van der Waals surface area contributed by atoms with Gasteiger partial charge in [-0.1, -0.05) is 35.9 Å². The number of anilines is 2. The number of amides is 1. The Kier molecular flexibility index (Phi) is 4.61. The molecule has 0 aromatic heterocycles. The smallest absolute Gasteiger partial charge is 0.246 e. The normalized spacial score (nSPS) is 14.9. The van der Waals surface area contributed by atoms with Crippen LogP contribution in [0.25, 0.3) is 0 Å². The van der Waals surface area contributed by atoms with Gasteiger partial charge in [0, 0.05) is 17.9 Å². The van der Waals surface area contributed by atoms with Gasteiger partial charge in [-0.05, 0) is 63.3 Å². The Bertz CT molecular complexity index is 743. The van der Waals surface area contributed by atoms with Crippen molar-refractivity contribution < 1.29 is 4.79 Å². The lowest BCUT2D eigenvalue weighted by Gasteiger charge is -2.35. The molecule has 0 spiro atoms. The molecule has 0 fully saturated rings. The van der Waals surface area contributed by atoms with Crippen LogP contribution in [0.3, 0.4) is 0 Å². The van der Waals surface area contributed by atoms with Crippen molar-refractivity contribution in [3.05, 3.63) is 58.7 Å². The molecular weight excluding hydrogens is 296 g/mol. The number of nitrogens with one attached hydrogen (secondary N) is 1. The molecule has 0 unspecified atom stereocenters. The highest BCUT2D eigenvalue weighted by molar-refractivity contribution is 5.98. The fourth-order valence-electron chi connectivity index (χ4n) is 3.71. The quantitative estimate of drug-likeness (QED) is 0.909. The van der Waals surface area contributed by atoms with Crippen LogP contribution in [0.4, 0.5) is 11.4 Å². The van der Waals surface area contributed by atoms with Gasteiger partial charge in [0.05, 0.1) is 0 Å². The average Bonchev–Trinajstić information content (AvgIpc) is 2.56. The summed E-state index contributed by atoms with van der Waals surface area (Å²) in [6.07, 6.45) is 2.19. The van der Waals surface area contributed by atoms with Gasteiger partial charge in [-0.25, -0.2) is 0 Å². The van der Waals surface area contributed by atoms with Gasteiger partial charge in [-0.3, -0.25) is 4.79 Å². The van der Waals surface area contributed by atoms with E-state index in [9.17, 15) is 4.79 Å². The summed E-state index contributed by atoms with van der Waals surface area (Å²) < 4.78 is 0. The van der Waals surface area contributed by atoms with Crippen LogP contribution in [0.15, 0.2) is 36.4 Å². The van der Waals surface area contributed by atoms with E-state index in [-0.39, 0.29) is 11.9 Å². The molecule has 0 saturated heterocycles. The third-order valence-electron chi connectivity index (χ3n) is 4.92. The molecule has 0 bridgehead atoms. The molecule has 126 valence electrons. The van der Waals surface area contributed by atoms with E-state index in [1.807, 2.05) is 6.92 Å². The van der Waals surface area contributed by atoms with Gasteiger partial charge in [-0.2, -0.15) is 0 Å². The maximum atomic E-state index is 12.9. The summed E-state index contributed by atoms with van der Waals surface area (Å²) in [5.41, 5.74) is 6.94. The number of hydrogen-bond donors (Lipinski definition) is 1. The van der Waals surface area contributed by atoms with E-state index >= 15 is 0 Å². The second-order valence-electron chi connectivity index (χ2n) is 6.86. The zero-order valence-electron chi connectivity index (χ0n) is 15.0. The molecule has 1 amide bonds. The summed E-state index contributed by atoms with van der Waals surface area (Å²) in [4.78, 5) is 15.1. The number of nitrogens with zero attached hydrogens (tertiary/aromatic N) is 1. The molecule has 1 aliphatic heterocycles. The Morgan fingerprint density at radius 1 is 1.12 bits per heavy atom. The Balaban J connectivity index is 1.82. The molecule has 3 rings (SSSR count). The van der Waals surface area contributed by atoms with E-state index in [0.29, 0.717) is 0 Å². The molecule has 2 aromatic carbocycles.